The summed E-state index contributed by atoms with van der Waals surface area (Å²) in [4.78, 5) is 4.96. The van der Waals surface area contributed by atoms with E-state index < -0.39 is 6.61 Å². The van der Waals surface area contributed by atoms with E-state index in [9.17, 15) is 8.78 Å². The van der Waals surface area contributed by atoms with Crippen molar-refractivity contribution < 1.29 is 32.1 Å². The van der Waals surface area contributed by atoms with Crippen molar-refractivity contribution >= 4 is 27.3 Å². The highest BCUT2D eigenvalue weighted by Gasteiger charge is 2.19. The molecule has 0 saturated carbocycles. The monoisotopic (exact) mass is 549 g/mol. The highest BCUT2D eigenvalue weighted by Crippen LogP contribution is 2.38. The highest BCUT2D eigenvalue weighted by atomic mass is 32.1. The molecule has 3 aromatic carbocycles. The second-order valence-electron chi connectivity index (χ2n) is 8.44. The minimum Gasteiger partial charge on any atom is -0.489 e. The van der Waals surface area contributed by atoms with E-state index in [2.05, 4.69) is 14.8 Å². The van der Waals surface area contributed by atoms with Crippen molar-refractivity contribution in [3.05, 3.63) is 90.1 Å². The lowest BCUT2D eigenvalue weighted by Gasteiger charge is -2.11. The van der Waals surface area contributed by atoms with Gasteiger partial charge < -0.3 is 23.4 Å². The second-order valence-corrected chi connectivity index (χ2v) is 9.36. The number of benzene rings is 3. The number of fused-ring (bicyclic) bond motifs is 2. The smallest absolute Gasteiger partial charge is 0.387 e. The average molecular weight is 550 g/mol. The molecule has 0 saturated heterocycles. The maximum atomic E-state index is 13.0. The van der Waals surface area contributed by atoms with Crippen LogP contribution in [0.5, 0.6) is 22.4 Å². The molecule has 0 unspecified atom stereocenters. The zero-order chi connectivity index (χ0) is 26.8. The number of ether oxygens (including phenoxy) is 4. The summed E-state index contributed by atoms with van der Waals surface area (Å²) in [6, 6.07) is 21.9. The first kappa shape index (κ1) is 24.7. The molecule has 0 radical (unpaired) electrons. The van der Waals surface area contributed by atoms with Gasteiger partial charge in [0.2, 0.25) is 4.96 Å². The number of alkyl halides is 2. The van der Waals surface area contributed by atoms with Gasteiger partial charge in [-0.25, -0.2) is 4.98 Å². The molecule has 0 aliphatic rings. The molecule has 11 heteroatoms. The van der Waals surface area contributed by atoms with Gasteiger partial charge in [0, 0.05) is 12.1 Å². The van der Waals surface area contributed by atoms with Crippen LogP contribution in [0.15, 0.2) is 83.4 Å². The van der Waals surface area contributed by atoms with Crippen LogP contribution >= 0.6 is 11.3 Å². The lowest BCUT2D eigenvalue weighted by Crippen LogP contribution is -2.03. The lowest BCUT2D eigenvalue weighted by molar-refractivity contribution is -0.0498. The van der Waals surface area contributed by atoms with Crippen molar-refractivity contribution in [1.29, 1.82) is 0 Å². The van der Waals surface area contributed by atoms with Crippen molar-refractivity contribution in [2.24, 2.45) is 0 Å². The lowest BCUT2D eigenvalue weighted by atomic mass is 10.2. The van der Waals surface area contributed by atoms with Gasteiger partial charge in [-0.2, -0.15) is 13.3 Å². The molecular weight excluding hydrogens is 528 g/mol. The molecule has 3 aromatic heterocycles. The molecule has 0 spiro atoms. The fraction of sp³-hybridized carbons (Fsp3) is 0.143. The van der Waals surface area contributed by atoms with Crippen LogP contribution in [0.1, 0.15) is 11.1 Å². The van der Waals surface area contributed by atoms with Crippen molar-refractivity contribution in [1.82, 2.24) is 14.6 Å². The number of nitrogens with zero attached hydrogens (tertiary/aromatic N) is 3. The summed E-state index contributed by atoms with van der Waals surface area (Å²) in [5.41, 5.74) is 2.78. The Bertz CT molecular complexity index is 1730. The number of hydrogen-bond donors (Lipinski definition) is 0. The molecule has 39 heavy (non-hydrogen) atoms. The van der Waals surface area contributed by atoms with Crippen molar-refractivity contribution in [2.75, 3.05) is 7.11 Å². The number of halogens is 2. The van der Waals surface area contributed by atoms with Gasteiger partial charge >= 0.3 is 6.61 Å². The van der Waals surface area contributed by atoms with Crippen LogP contribution in [-0.2, 0) is 13.2 Å². The Labute approximate surface area is 224 Å². The predicted octanol–water partition coefficient (Wildman–Crippen LogP) is 6.97. The first-order valence-electron chi connectivity index (χ1n) is 11.9. The number of furan rings is 1. The largest absolute Gasteiger partial charge is 0.489 e. The average Bonchev–Trinajstić information content (AvgIpc) is 3.65. The third-order valence-electron chi connectivity index (χ3n) is 5.83. The van der Waals surface area contributed by atoms with Crippen molar-refractivity contribution in [3.63, 3.8) is 0 Å². The van der Waals surface area contributed by atoms with Gasteiger partial charge in [-0.15, -0.1) is 5.10 Å². The summed E-state index contributed by atoms with van der Waals surface area (Å²) in [6.45, 7) is -2.40. The van der Waals surface area contributed by atoms with E-state index in [1.54, 1.807) is 16.8 Å². The van der Waals surface area contributed by atoms with Crippen LogP contribution in [0, 0.1) is 0 Å². The molecule has 6 rings (SSSR count). The molecule has 8 nitrogen and oxygen atoms in total. The molecular formula is C28H21F2N3O5S. The van der Waals surface area contributed by atoms with Gasteiger partial charge in [-0.3, -0.25) is 0 Å². The Morgan fingerprint density at radius 1 is 0.923 bits per heavy atom. The quantitative estimate of drug-likeness (QED) is 0.183. The van der Waals surface area contributed by atoms with Gasteiger partial charge in [-0.05, 0) is 40.7 Å². The van der Waals surface area contributed by atoms with Gasteiger partial charge in [0.1, 0.15) is 41.7 Å². The first-order chi connectivity index (χ1) is 19.1. The summed E-state index contributed by atoms with van der Waals surface area (Å²) >= 11 is 1.28. The number of methoxy groups -OCH3 is 1. The Morgan fingerprint density at radius 2 is 1.74 bits per heavy atom. The third-order valence-corrected chi connectivity index (χ3v) is 6.72. The zero-order valence-corrected chi connectivity index (χ0v) is 21.4. The van der Waals surface area contributed by atoms with E-state index in [0.717, 1.165) is 11.1 Å². The Hall–Kier alpha value is -4.64. The normalized spacial score (nSPS) is 11.4. The second kappa shape index (κ2) is 10.6. The van der Waals surface area contributed by atoms with Crippen LogP contribution in [0.2, 0.25) is 0 Å². The molecule has 0 atom stereocenters. The zero-order valence-electron chi connectivity index (χ0n) is 20.5. The van der Waals surface area contributed by atoms with Gasteiger partial charge in [-0.1, -0.05) is 42.5 Å². The molecule has 3 heterocycles. The van der Waals surface area contributed by atoms with Gasteiger partial charge in [0.05, 0.1) is 18.7 Å². The summed E-state index contributed by atoms with van der Waals surface area (Å²) < 4.78 is 55.5. The minimum absolute atomic E-state index is 0.0814. The van der Waals surface area contributed by atoms with E-state index in [1.165, 1.54) is 30.6 Å². The van der Waals surface area contributed by atoms with E-state index >= 15 is 0 Å². The first-order valence-corrected chi connectivity index (χ1v) is 12.7. The summed E-state index contributed by atoms with van der Waals surface area (Å²) in [6.07, 6.45) is 1.62. The maximum Gasteiger partial charge on any atom is 0.387 e. The minimum atomic E-state index is -3.00. The molecule has 0 N–H and O–H groups in total. The number of rotatable bonds is 10. The SMILES string of the molecule is COc1nn2c(-c3cc4c(OCc5cccc(OCc6ccccc6)c5)cc(OC(F)F)cc4o3)cnc2s1. The fourth-order valence-electron chi connectivity index (χ4n) is 4.05. The van der Waals surface area contributed by atoms with Crippen LogP contribution < -0.4 is 18.9 Å². The Kier molecular flexibility index (Phi) is 6.72. The van der Waals surface area contributed by atoms with Crippen LogP contribution in [0.25, 0.3) is 27.4 Å². The predicted molar refractivity (Wildman–Crippen MR) is 141 cm³/mol. The molecule has 198 valence electrons. The molecule has 0 fully saturated rings. The number of aromatic nitrogens is 3. The van der Waals surface area contributed by atoms with Crippen molar-refractivity contribution in [3.8, 4) is 33.9 Å². The molecule has 6 aromatic rings. The van der Waals surface area contributed by atoms with E-state index in [4.69, 9.17) is 18.6 Å². The molecule has 0 bridgehead atoms. The van der Waals surface area contributed by atoms with E-state index in [0.29, 0.717) is 50.7 Å². The fourth-order valence-corrected chi connectivity index (χ4v) is 4.75. The van der Waals surface area contributed by atoms with Crippen LogP contribution in [0.3, 0.4) is 0 Å². The number of imidazole rings is 1. The summed E-state index contributed by atoms with van der Waals surface area (Å²) in [5.74, 6) is 1.36. The Morgan fingerprint density at radius 3 is 2.56 bits per heavy atom. The van der Waals surface area contributed by atoms with Gasteiger partial charge in [0.15, 0.2) is 5.76 Å². The topological polar surface area (TPSA) is 80.3 Å². The summed E-state index contributed by atoms with van der Waals surface area (Å²) in [7, 11) is 1.53. The van der Waals surface area contributed by atoms with Gasteiger partial charge in [0.25, 0.3) is 5.19 Å². The standard InChI is InChI=1S/C28H21F2N3O5S/c1-34-28-32-33-22(14-31-27(33)39-28)25-13-21-23(11-20(37-26(29)30)12-24(21)38-25)36-16-18-8-5-9-19(10-18)35-15-17-6-3-2-4-7-17/h2-14,26H,15-16H2,1H3. The summed E-state index contributed by atoms with van der Waals surface area (Å²) in [5, 5.41) is 5.39. The van der Waals surface area contributed by atoms with Crippen LogP contribution in [0.4, 0.5) is 8.78 Å². The molecule has 0 amide bonds. The van der Waals surface area contributed by atoms with Crippen LogP contribution in [-0.4, -0.2) is 28.3 Å². The molecule has 0 aliphatic heterocycles. The number of hydrogen-bond acceptors (Lipinski definition) is 8. The van der Waals surface area contributed by atoms with E-state index in [-0.39, 0.29) is 12.4 Å². The Balaban J connectivity index is 1.27. The van der Waals surface area contributed by atoms with E-state index in [1.807, 2.05) is 54.6 Å². The third kappa shape index (κ3) is 5.34. The van der Waals surface area contributed by atoms with Crippen molar-refractivity contribution in [2.45, 2.75) is 19.8 Å². The highest BCUT2D eigenvalue weighted by molar-refractivity contribution is 7.18. The maximum absolute atomic E-state index is 13.0. The molecule has 0 aliphatic carbocycles.